The van der Waals surface area contributed by atoms with Gasteiger partial charge in [-0.3, -0.25) is 37.8 Å². The number of rotatable bonds is 8. The first-order valence-corrected chi connectivity index (χ1v) is 40.0. The average molecular weight is 1610 g/mol. The molecule has 0 unspecified atom stereocenters. The molecule has 118 heavy (non-hydrogen) atoms. The zero-order valence-electron chi connectivity index (χ0n) is 76.2. The van der Waals surface area contributed by atoms with E-state index < -0.39 is 0 Å². The summed E-state index contributed by atoms with van der Waals surface area (Å²) in [4.78, 5) is 4.29. The topological polar surface area (TPSA) is 217 Å². The van der Waals surface area contributed by atoms with Gasteiger partial charge in [-0.15, -0.1) is 0 Å². The number of aromatic nitrogens is 17. The Morgan fingerprint density at radius 2 is 0.593 bits per heavy atom. The van der Waals surface area contributed by atoms with Crippen molar-refractivity contribution in [2.45, 2.75) is 250 Å². The minimum atomic E-state index is -0.0156. The Kier molecular flexibility index (Phi) is 33.4. The summed E-state index contributed by atoms with van der Waals surface area (Å²) in [6.45, 7) is 61.2. The minimum absolute atomic E-state index is 0.00375. The first-order chi connectivity index (χ1) is 54.9. The predicted molar refractivity (Wildman–Crippen MR) is 480 cm³/mol. The molecular weight excluding hydrogens is 1470 g/mol. The number of nitrogens with zero attached hydrogens (tertiary/aromatic N) is 17. The van der Waals surface area contributed by atoms with E-state index in [1.54, 1.807) is 38.9 Å². The number of aryl methyl sites for hydroxylation is 2. The van der Waals surface area contributed by atoms with Gasteiger partial charge < -0.3 is 23.3 Å². The van der Waals surface area contributed by atoms with Crippen LogP contribution in [-0.2, 0) is 49.6 Å². The van der Waals surface area contributed by atoms with E-state index in [1.807, 2.05) is 198 Å². The second-order valence-corrected chi connectivity index (χ2v) is 37.6. The molecule has 632 valence electrons. The first-order valence-electron chi connectivity index (χ1n) is 40.0. The van der Waals surface area contributed by atoms with Crippen LogP contribution in [0.25, 0.3) is 44.6 Å². The van der Waals surface area contributed by atoms with Gasteiger partial charge >= 0.3 is 0 Å². The molecule has 0 saturated heterocycles. The zero-order chi connectivity index (χ0) is 87.7. The number of pyridine rings is 1. The molecule has 10 aromatic heterocycles. The molecule has 14 aromatic rings. The Balaban J connectivity index is 0.000000207. The van der Waals surface area contributed by atoms with Gasteiger partial charge in [0.25, 0.3) is 5.88 Å². The molecule has 0 atom stereocenters. The van der Waals surface area contributed by atoms with Gasteiger partial charge in [0.15, 0.2) is 11.5 Å². The fraction of sp³-hybridized carbons (Fsp3) is 0.417. The summed E-state index contributed by atoms with van der Waals surface area (Å²) >= 11 is 0. The largest absolute Gasteiger partial charge is 0.493 e. The maximum Gasteiger partial charge on any atom is 0.254 e. The third kappa shape index (κ3) is 31.7. The predicted octanol–water partition coefficient (Wildman–Crippen LogP) is 23.9. The molecule has 14 rings (SSSR count). The molecular formula is C96H133N17O5. The van der Waals surface area contributed by atoms with Crippen molar-refractivity contribution in [3.8, 4) is 67.8 Å². The summed E-state index contributed by atoms with van der Waals surface area (Å²) in [5.41, 5.74) is 11.8. The van der Waals surface area contributed by atoms with E-state index in [0.717, 1.165) is 45.7 Å². The molecule has 0 aliphatic heterocycles. The highest BCUT2D eigenvalue weighted by Crippen LogP contribution is 2.30. The summed E-state index contributed by atoms with van der Waals surface area (Å²) in [7, 11) is 3.22. The Hall–Kier alpha value is -11.7. The van der Waals surface area contributed by atoms with Gasteiger partial charge in [0.05, 0.1) is 120 Å². The lowest BCUT2D eigenvalue weighted by Gasteiger charge is -2.18. The van der Waals surface area contributed by atoms with Gasteiger partial charge in [-0.2, -0.15) is 35.7 Å². The van der Waals surface area contributed by atoms with Crippen LogP contribution in [0.5, 0.6) is 23.1 Å². The maximum absolute atomic E-state index is 5.67. The van der Waals surface area contributed by atoms with Crippen molar-refractivity contribution in [2.75, 3.05) is 14.2 Å². The van der Waals surface area contributed by atoms with Crippen molar-refractivity contribution in [3.63, 3.8) is 0 Å². The number of hydrogen-bond acceptors (Lipinski definition) is 15. The number of ether oxygens (including phenoxy) is 3. The molecule has 0 amide bonds. The molecule has 0 N–H and O–H groups in total. The zero-order valence-corrected chi connectivity index (χ0v) is 76.2. The van der Waals surface area contributed by atoms with Gasteiger partial charge in [0, 0.05) is 82.4 Å². The van der Waals surface area contributed by atoms with Crippen molar-refractivity contribution in [3.05, 3.63) is 267 Å². The molecule has 22 nitrogen and oxygen atoms in total. The van der Waals surface area contributed by atoms with Crippen molar-refractivity contribution in [1.29, 1.82) is 0 Å². The second kappa shape index (κ2) is 41.4. The quantitative estimate of drug-likeness (QED) is 0.138. The normalized spacial score (nSPS) is 11.7. The van der Waals surface area contributed by atoms with E-state index >= 15 is 0 Å². The third-order valence-corrected chi connectivity index (χ3v) is 17.3. The lowest BCUT2D eigenvalue weighted by atomic mass is 9.93. The Labute approximate surface area is 703 Å². The van der Waals surface area contributed by atoms with Crippen LogP contribution in [0.3, 0.4) is 0 Å². The van der Waals surface area contributed by atoms with Crippen LogP contribution < -0.4 is 14.2 Å². The Morgan fingerprint density at radius 1 is 0.280 bits per heavy atom. The van der Waals surface area contributed by atoms with Crippen LogP contribution in [0.4, 0.5) is 0 Å². The second-order valence-electron chi connectivity index (χ2n) is 37.6. The number of benzene rings is 4. The van der Waals surface area contributed by atoms with Crippen LogP contribution in [-0.4, -0.2) is 98.0 Å². The van der Waals surface area contributed by atoms with Crippen molar-refractivity contribution >= 4 is 0 Å². The summed E-state index contributed by atoms with van der Waals surface area (Å²) < 4.78 is 39.4. The highest BCUT2D eigenvalue weighted by molar-refractivity contribution is 5.63. The summed E-state index contributed by atoms with van der Waals surface area (Å²) in [5, 5.41) is 37.6. The lowest BCUT2D eigenvalue weighted by Crippen LogP contribution is -2.21. The molecule has 0 fully saturated rings. The summed E-state index contributed by atoms with van der Waals surface area (Å²) in [5.74, 6) is 4.73. The van der Waals surface area contributed by atoms with Gasteiger partial charge in [-0.25, -0.2) is 0 Å². The maximum atomic E-state index is 5.67. The number of methoxy groups -OCH3 is 2. The third-order valence-electron chi connectivity index (χ3n) is 17.3. The van der Waals surface area contributed by atoms with Gasteiger partial charge in [-0.05, 0) is 211 Å². The van der Waals surface area contributed by atoms with Crippen LogP contribution in [0.15, 0.2) is 254 Å². The Bertz CT molecular complexity index is 4670. The Morgan fingerprint density at radius 3 is 0.864 bits per heavy atom. The van der Waals surface area contributed by atoms with Crippen molar-refractivity contribution < 1.29 is 23.3 Å². The van der Waals surface area contributed by atoms with Crippen LogP contribution >= 0.6 is 0 Å². The van der Waals surface area contributed by atoms with Crippen LogP contribution in [0, 0.1) is 13.8 Å². The summed E-state index contributed by atoms with van der Waals surface area (Å²) in [6.07, 6.45) is 28.9. The smallest absolute Gasteiger partial charge is 0.254 e. The van der Waals surface area contributed by atoms with Crippen molar-refractivity contribution in [2.24, 2.45) is 0 Å². The SMILES string of the molecule is CC(C)(C)n1cc(-c2ccccc2)cn1.CC(C)(C)n1cc(-c2ccccc2)cn1.CC(C)(C)n1cc(-c2ccccc2)cn1.CC(C)(C)n1cc(-c2ccccn2)cn1.CC(C)(C)n1cc(Oc2ccccc2)cn1.COc1cc(C(C)(C)C)on1.COc1cnn(C(C)(C)C)c1.Cc1cc(C(C)(C)C)on1.Cc1cnn(C(C)(C)C)c1. The van der Waals surface area contributed by atoms with Gasteiger partial charge in [0.1, 0.15) is 17.3 Å². The monoisotopic (exact) mass is 1600 g/mol. The fourth-order valence-electron chi connectivity index (χ4n) is 10.1. The average Bonchev–Trinajstić information content (AvgIpc) is 1.70. The molecule has 0 radical (unpaired) electrons. The summed E-state index contributed by atoms with van der Waals surface area (Å²) in [6, 6.07) is 50.3. The van der Waals surface area contributed by atoms with Crippen LogP contribution in [0.1, 0.15) is 210 Å². The lowest BCUT2D eigenvalue weighted by molar-refractivity contribution is 0.301. The molecule has 0 aliphatic carbocycles. The van der Waals surface area contributed by atoms with E-state index in [1.165, 1.54) is 38.9 Å². The molecule has 0 bridgehead atoms. The van der Waals surface area contributed by atoms with Crippen molar-refractivity contribution in [1.82, 2.24) is 83.8 Å². The van der Waals surface area contributed by atoms with E-state index in [4.69, 9.17) is 23.3 Å². The molecule has 4 aromatic carbocycles. The van der Waals surface area contributed by atoms with Gasteiger partial charge in [0.2, 0.25) is 0 Å². The van der Waals surface area contributed by atoms with Crippen LogP contribution in [0.2, 0.25) is 0 Å². The fourth-order valence-corrected chi connectivity index (χ4v) is 10.1. The van der Waals surface area contributed by atoms with E-state index in [0.29, 0.717) is 5.88 Å². The highest BCUT2D eigenvalue weighted by Gasteiger charge is 2.23. The standard InChI is InChI=1S/C13H16N2O.3C13H16N2.C12H15N3.C8H14N2O.C8H14N2.C8H13NO2.C8H13NO/c1-13(2,3)15-10-12(9-14-15)16-11-7-5-4-6-8-11;3*1-13(2,3)15-10-12(9-14-15)11-7-5-4-6-8-11;1-12(2,3)15-9-10(8-14-15)11-6-4-5-7-13-11;1-8(2,3)10-6-7(11-4)5-9-10;1-7-5-9-10(6-7)8(2,3)4;1-8(2,3)6-5-7(10-4)9-11-6;1-6-5-7(10-9-6)8(2,3)4/h4-10H,1-3H3;3*4-10H,1-3H3;4-9H,1-3H3;5-6H,1-4H3;5-6H,1-4H3;5H,1-4H3;5H,1-4H3. The minimum Gasteiger partial charge on any atom is -0.493 e. The number of hydrogen-bond donors (Lipinski definition) is 0. The first kappa shape index (κ1) is 95.2. The van der Waals surface area contributed by atoms with E-state index in [9.17, 15) is 0 Å². The molecule has 10 heterocycles. The van der Waals surface area contributed by atoms with Gasteiger partial charge in [-0.1, -0.05) is 162 Å². The molecule has 22 heteroatoms. The van der Waals surface area contributed by atoms with E-state index in [-0.39, 0.29) is 49.6 Å². The molecule has 0 saturated carbocycles. The molecule has 0 spiro atoms. The van der Waals surface area contributed by atoms with E-state index in [2.05, 4.69) is 306 Å². The molecule has 0 aliphatic rings. The number of para-hydroxylation sites is 1. The highest BCUT2D eigenvalue weighted by atomic mass is 16.5.